The third-order valence-corrected chi connectivity index (χ3v) is 3.57. The Balaban J connectivity index is 2.61. The second-order valence-corrected chi connectivity index (χ2v) is 5.48. The minimum atomic E-state index is -1.01. The van der Waals surface area contributed by atoms with Crippen molar-refractivity contribution in [1.29, 1.82) is 0 Å². The zero-order valence-electron chi connectivity index (χ0n) is 10.8. The molecule has 3 nitrogen and oxygen atoms in total. The first-order valence-electron chi connectivity index (χ1n) is 6.30. The Morgan fingerprint density at radius 1 is 1.31 bits per heavy atom. The lowest BCUT2D eigenvalue weighted by atomic mass is 9.75. The van der Waals surface area contributed by atoms with Crippen LogP contribution in [0.1, 0.15) is 47.0 Å². The van der Waals surface area contributed by atoms with Crippen LogP contribution in [-0.4, -0.2) is 23.3 Å². The maximum atomic E-state index is 11.4. The van der Waals surface area contributed by atoms with E-state index in [0.29, 0.717) is 17.8 Å². The Labute approximate surface area is 98.2 Å². The molecule has 16 heavy (non-hydrogen) atoms. The monoisotopic (exact) mass is 228 g/mol. The van der Waals surface area contributed by atoms with Crippen molar-refractivity contribution in [3.63, 3.8) is 0 Å². The predicted molar refractivity (Wildman–Crippen MR) is 62.9 cm³/mol. The van der Waals surface area contributed by atoms with Crippen molar-refractivity contribution in [1.82, 2.24) is 0 Å². The fourth-order valence-electron chi connectivity index (χ4n) is 2.50. The fraction of sp³-hybridized carbons (Fsp3) is 0.923. The van der Waals surface area contributed by atoms with E-state index in [0.717, 1.165) is 12.8 Å². The molecule has 0 saturated heterocycles. The maximum Gasteiger partial charge on any atom is 0.334 e. The van der Waals surface area contributed by atoms with Crippen molar-refractivity contribution in [2.24, 2.45) is 17.8 Å². The van der Waals surface area contributed by atoms with Crippen molar-refractivity contribution in [3.8, 4) is 0 Å². The Morgan fingerprint density at radius 2 is 1.94 bits per heavy atom. The minimum absolute atomic E-state index is 0.00847. The summed E-state index contributed by atoms with van der Waals surface area (Å²) in [5.41, 5.74) is 0. The highest BCUT2D eigenvalue weighted by Gasteiger charge is 2.33. The molecule has 3 heteroatoms. The average Bonchev–Trinajstić information content (AvgIpc) is 2.16. The summed E-state index contributed by atoms with van der Waals surface area (Å²) in [6.45, 7) is 7.99. The van der Waals surface area contributed by atoms with E-state index >= 15 is 0 Å². The lowest BCUT2D eigenvalue weighted by Gasteiger charge is -2.36. The molecule has 0 aromatic carbocycles. The van der Waals surface area contributed by atoms with Gasteiger partial charge in [-0.25, -0.2) is 4.79 Å². The van der Waals surface area contributed by atoms with Crippen molar-refractivity contribution in [3.05, 3.63) is 0 Å². The van der Waals surface area contributed by atoms with Gasteiger partial charge in [0.1, 0.15) is 12.2 Å². The fourth-order valence-corrected chi connectivity index (χ4v) is 2.50. The quantitative estimate of drug-likeness (QED) is 0.754. The van der Waals surface area contributed by atoms with Gasteiger partial charge in [0.25, 0.3) is 0 Å². The molecular formula is C13H24O3. The Morgan fingerprint density at radius 3 is 2.44 bits per heavy atom. The first-order valence-corrected chi connectivity index (χ1v) is 6.30. The minimum Gasteiger partial charge on any atom is -0.460 e. The van der Waals surface area contributed by atoms with Gasteiger partial charge in [-0.05, 0) is 37.5 Å². The summed E-state index contributed by atoms with van der Waals surface area (Å²) in [4.78, 5) is 11.4. The number of hydrogen-bond acceptors (Lipinski definition) is 3. The van der Waals surface area contributed by atoms with Gasteiger partial charge < -0.3 is 9.84 Å². The molecule has 0 radical (unpaired) electrons. The average molecular weight is 228 g/mol. The molecule has 0 bridgehead atoms. The van der Waals surface area contributed by atoms with Gasteiger partial charge in [0.15, 0.2) is 0 Å². The van der Waals surface area contributed by atoms with Crippen LogP contribution in [0.3, 0.4) is 0 Å². The molecule has 0 aliphatic heterocycles. The molecule has 0 amide bonds. The Hall–Kier alpha value is -0.570. The summed E-state index contributed by atoms with van der Waals surface area (Å²) in [7, 11) is 0. The van der Waals surface area contributed by atoms with E-state index < -0.39 is 12.1 Å². The molecule has 1 N–H and O–H groups in total. The number of aliphatic hydroxyl groups is 1. The van der Waals surface area contributed by atoms with E-state index in [1.54, 1.807) is 0 Å². The number of rotatable bonds is 3. The van der Waals surface area contributed by atoms with Crippen LogP contribution < -0.4 is 0 Å². The predicted octanol–water partition coefficient (Wildman–Crippen LogP) is 2.37. The molecule has 0 unspecified atom stereocenters. The number of hydrogen-bond donors (Lipinski definition) is 1. The van der Waals surface area contributed by atoms with E-state index in [9.17, 15) is 4.79 Å². The van der Waals surface area contributed by atoms with E-state index in [-0.39, 0.29) is 6.10 Å². The Bertz CT molecular complexity index is 235. The van der Waals surface area contributed by atoms with Crippen LogP contribution in [0.5, 0.6) is 0 Å². The van der Waals surface area contributed by atoms with Gasteiger partial charge in [0.05, 0.1) is 0 Å². The van der Waals surface area contributed by atoms with Crippen molar-refractivity contribution >= 4 is 5.97 Å². The molecule has 0 heterocycles. The van der Waals surface area contributed by atoms with Crippen LogP contribution >= 0.6 is 0 Å². The van der Waals surface area contributed by atoms with Gasteiger partial charge in [0.2, 0.25) is 0 Å². The highest BCUT2D eigenvalue weighted by atomic mass is 16.6. The number of aliphatic hydroxyl groups excluding tert-OH is 1. The van der Waals surface area contributed by atoms with Gasteiger partial charge in [-0.15, -0.1) is 0 Å². The highest BCUT2D eigenvalue weighted by Crippen LogP contribution is 2.35. The zero-order chi connectivity index (χ0) is 12.3. The lowest BCUT2D eigenvalue weighted by molar-refractivity contribution is -0.164. The largest absolute Gasteiger partial charge is 0.460 e. The molecule has 1 saturated carbocycles. The molecule has 0 aromatic heterocycles. The van der Waals surface area contributed by atoms with Gasteiger partial charge in [-0.1, -0.05) is 27.2 Å². The first-order chi connectivity index (χ1) is 7.41. The van der Waals surface area contributed by atoms with E-state index in [1.807, 2.05) is 0 Å². The topological polar surface area (TPSA) is 46.5 Å². The molecule has 1 fully saturated rings. The third kappa shape index (κ3) is 3.48. The standard InChI is InChI=1S/C13H24O3/c1-8(2)11-6-5-9(3)7-12(11)16-13(15)10(4)14/h8-12,14H,5-7H2,1-4H3/t9-,10+,11+,12-/m0/s1. The van der Waals surface area contributed by atoms with Gasteiger partial charge in [-0.3, -0.25) is 0 Å². The SMILES string of the molecule is CC(C)[C@H]1CC[C@H](C)C[C@@H]1OC(=O)[C@@H](C)O. The molecule has 1 aliphatic carbocycles. The molecule has 94 valence electrons. The van der Waals surface area contributed by atoms with Gasteiger partial charge >= 0.3 is 5.97 Å². The lowest BCUT2D eigenvalue weighted by Crippen LogP contribution is -2.37. The van der Waals surface area contributed by atoms with E-state index in [1.165, 1.54) is 13.3 Å². The maximum absolute atomic E-state index is 11.4. The third-order valence-electron chi connectivity index (χ3n) is 3.57. The summed E-state index contributed by atoms with van der Waals surface area (Å²) in [5, 5.41) is 9.17. The normalized spacial score (nSPS) is 32.5. The van der Waals surface area contributed by atoms with E-state index in [4.69, 9.17) is 9.84 Å². The zero-order valence-corrected chi connectivity index (χ0v) is 10.8. The highest BCUT2D eigenvalue weighted by molar-refractivity contribution is 5.74. The van der Waals surface area contributed by atoms with Crippen LogP contribution in [-0.2, 0) is 9.53 Å². The molecular weight excluding hydrogens is 204 g/mol. The van der Waals surface area contributed by atoms with Gasteiger partial charge in [0, 0.05) is 0 Å². The Kier molecular flexibility index (Phi) is 4.78. The van der Waals surface area contributed by atoms with Crippen molar-refractivity contribution < 1.29 is 14.6 Å². The smallest absolute Gasteiger partial charge is 0.334 e. The van der Waals surface area contributed by atoms with E-state index in [2.05, 4.69) is 20.8 Å². The molecule has 1 rings (SSSR count). The summed E-state index contributed by atoms with van der Waals surface area (Å²) >= 11 is 0. The molecule has 0 aromatic rings. The summed E-state index contributed by atoms with van der Waals surface area (Å²) < 4.78 is 5.41. The first kappa shape index (κ1) is 13.5. The van der Waals surface area contributed by atoms with Crippen LogP contribution in [0.2, 0.25) is 0 Å². The molecule has 1 aliphatic rings. The molecule has 0 spiro atoms. The van der Waals surface area contributed by atoms with Crippen LogP contribution in [0, 0.1) is 17.8 Å². The number of ether oxygens (including phenoxy) is 1. The van der Waals surface area contributed by atoms with Crippen LogP contribution in [0.4, 0.5) is 0 Å². The number of esters is 1. The number of carbonyl (C=O) groups is 1. The second-order valence-electron chi connectivity index (χ2n) is 5.48. The summed E-state index contributed by atoms with van der Waals surface area (Å²) in [6.07, 6.45) is 2.25. The second kappa shape index (κ2) is 5.67. The summed E-state index contributed by atoms with van der Waals surface area (Å²) in [6, 6.07) is 0. The van der Waals surface area contributed by atoms with Crippen molar-refractivity contribution in [2.75, 3.05) is 0 Å². The van der Waals surface area contributed by atoms with Crippen LogP contribution in [0.15, 0.2) is 0 Å². The van der Waals surface area contributed by atoms with Crippen molar-refractivity contribution in [2.45, 2.75) is 59.2 Å². The summed E-state index contributed by atoms with van der Waals surface area (Å²) in [5.74, 6) is 1.10. The molecule has 4 atom stereocenters. The number of carbonyl (C=O) groups excluding carboxylic acids is 1. The van der Waals surface area contributed by atoms with Crippen LogP contribution in [0.25, 0.3) is 0 Å². The van der Waals surface area contributed by atoms with Gasteiger partial charge in [-0.2, -0.15) is 0 Å².